The molecular formula is C36H39Cl2N3O5S. The molecule has 0 bridgehead atoms. The van der Waals surface area contributed by atoms with E-state index >= 15 is 0 Å². The molecule has 0 fully saturated rings. The van der Waals surface area contributed by atoms with E-state index in [2.05, 4.69) is 5.32 Å². The quantitative estimate of drug-likeness (QED) is 0.152. The minimum Gasteiger partial charge on any atom is -0.497 e. The molecule has 0 unspecified atom stereocenters. The topological polar surface area (TPSA) is 96.0 Å². The van der Waals surface area contributed by atoms with Crippen LogP contribution in [0.1, 0.15) is 37.0 Å². The van der Waals surface area contributed by atoms with Crippen molar-refractivity contribution in [3.8, 4) is 5.75 Å². The van der Waals surface area contributed by atoms with Crippen LogP contribution in [0.4, 0.5) is 5.69 Å². The summed E-state index contributed by atoms with van der Waals surface area (Å²) in [6.45, 7) is 5.15. The summed E-state index contributed by atoms with van der Waals surface area (Å²) in [4.78, 5) is 29.9. The zero-order chi connectivity index (χ0) is 34.1. The zero-order valence-corrected chi connectivity index (χ0v) is 29.1. The number of ether oxygens (including phenoxy) is 1. The van der Waals surface area contributed by atoms with E-state index < -0.39 is 28.5 Å². The molecular weight excluding hydrogens is 657 g/mol. The summed E-state index contributed by atoms with van der Waals surface area (Å²) in [6.07, 6.45) is 0.887. The Hall–Kier alpha value is -4.05. The highest BCUT2D eigenvalue weighted by Crippen LogP contribution is 2.28. The number of benzene rings is 4. The minimum absolute atomic E-state index is 0.0157. The molecule has 0 aromatic heterocycles. The predicted octanol–water partition coefficient (Wildman–Crippen LogP) is 7.06. The third-order valence-electron chi connectivity index (χ3n) is 7.86. The molecule has 4 aromatic rings. The lowest BCUT2D eigenvalue weighted by molar-refractivity contribution is -0.140. The molecule has 11 heteroatoms. The highest BCUT2D eigenvalue weighted by atomic mass is 35.5. The van der Waals surface area contributed by atoms with Gasteiger partial charge in [-0.1, -0.05) is 84.2 Å². The normalized spacial score (nSPS) is 12.6. The highest BCUT2D eigenvalue weighted by molar-refractivity contribution is 7.92. The standard InChI is InChI=1S/C36H39Cl2N3O5S/c1-5-26(3)39-36(43)34(22-27-9-7-6-8-10-27)40(23-28-13-20-32(37)33(38)21-28)35(42)24-41(29-14-11-25(2)12-15-29)47(44,45)31-18-16-30(46-4)17-19-31/h6-21,26,34H,5,22-24H2,1-4H3,(H,39,43)/t26-,34+/m0/s1. The van der Waals surface area contributed by atoms with Crippen LogP contribution in [0.2, 0.25) is 10.0 Å². The summed E-state index contributed by atoms with van der Waals surface area (Å²) in [7, 11) is -2.75. The minimum atomic E-state index is -4.24. The number of nitrogens with zero attached hydrogens (tertiary/aromatic N) is 2. The molecule has 0 aliphatic rings. The van der Waals surface area contributed by atoms with E-state index in [9.17, 15) is 18.0 Å². The second-order valence-electron chi connectivity index (χ2n) is 11.3. The van der Waals surface area contributed by atoms with Gasteiger partial charge < -0.3 is 15.0 Å². The number of aryl methyl sites for hydroxylation is 1. The molecule has 4 rings (SSSR count). The summed E-state index contributed by atoms with van der Waals surface area (Å²) in [5, 5.41) is 3.67. The maximum absolute atomic E-state index is 14.6. The fraction of sp³-hybridized carbons (Fsp3) is 0.278. The van der Waals surface area contributed by atoms with Crippen LogP contribution in [0.25, 0.3) is 0 Å². The molecule has 8 nitrogen and oxygen atoms in total. The molecule has 2 atom stereocenters. The Labute approximate surface area is 287 Å². The van der Waals surface area contributed by atoms with E-state index in [1.807, 2.05) is 51.1 Å². The maximum atomic E-state index is 14.6. The fourth-order valence-corrected chi connectivity index (χ4v) is 6.68. The fourth-order valence-electron chi connectivity index (χ4n) is 4.94. The first kappa shape index (κ1) is 35.8. The Balaban J connectivity index is 1.82. The number of methoxy groups -OCH3 is 1. The summed E-state index contributed by atoms with van der Waals surface area (Å²) < 4.78 is 34.7. The molecule has 0 radical (unpaired) electrons. The summed E-state index contributed by atoms with van der Waals surface area (Å²) in [5.41, 5.74) is 2.69. The summed E-state index contributed by atoms with van der Waals surface area (Å²) >= 11 is 12.5. The number of sulfonamides is 1. The van der Waals surface area contributed by atoms with Crippen molar-refractivity contribution in [1.82, 2.24) is 10.2 Å². The number of hydrogen-bond donors (Lipinski definition) is 1. The number of carbonyl (C=O) groups is 2. The van der Waals surface area contributed by atoms with Crippen LogP contribution in [0, 0.1) is 6.92 Å². The lowest BCUT2D eigenvalue weighted by atomic mass is 10.0. The predicted molar refractivity (Wildman–Crippen MR) is 188 cm³/mol. The lowest BCUT2D eigenvalue weighted by Crippen LogP contribution is -2.54. The average molecular weight is 697 g/mol. The molecule has 0 heterocycles. The van der Waals surface area contributed by atoms with Crippen LogP contribution >= 0.6 is 23.2 Å². The van der Waals surface area contributed by atoms with Crippen molar-refractivity contribution in [2.75, 3.05) is 18.0 Å². The number of halogens is 2. The van der Waals surface area contributed by atoms with Crippen molar-refractivity contribution < 1.29 is 22.7 Å². The van der Waals surface area contributed by atoms with Gasteiger partial charge in [0.05, 0.1) is 27.7 Å². The molecule has 0 aliphatic carbocycles. The van der Waals surface area contributed by atoms with Crippen molar-refractivity contribution in [2.45, 2.75) is 57.1 Å². The van der Waals surface area contributed by atoms with Gasteiger partial charge in [-0.2, -0.15) is 0 Å². The summed E-state index contributed by atoms with van der Waals surface area (Å²) in [5.74, 6) is -0.434. The summed E-state index contributed by atoms with van der Waals surface area (Å²) in [6, 6.07) is 26.1. The first-order valence-corrected chi connectivity index (χ1v) is 17.4. The molecule has 0 aliphatic heterocycles. The van der Waals surface area contributed by atoms with E-state index in [-0.39, 0.29) is 29.8 Å². The van der Waals surface area contributed by atoms with Crippen LogP contribution in [-0.4, -0.2) is 50.9 Å². The third kappa shape index (κ3) is 9.28. The van der Waals surface area contributed by atoms with Gasteiger partial charge >= 0.3 is 0 Å². The van der Waals surface area contributed by atoms with Crippen molar-refractivity contribution in [3.05, 3.63) is 124 Å². The van der Waals surface area contributed by atoms with E-state index in [4.69, 9.17) is 27.9 Å². The first-order valence-electron chi connectivity index (χ1n) is 15.2. The van der Waals surface area contributed by atoms with E-state index in [1.54, 1.807) is 54.6 Å². The molecule has 1 N–H and O–H groups in total. The number of rotatable bonds is 14. The molecule has 0 saturated carbocycles. The number of amides is 2. The Morgan fingerprint density at radius 2 is 1.53 bits per heavy atom. The number of anilines is 1. The van der Waals surface area contributed by atoms with Crippen LogP contribution in [-0.2, 0) is 32.6 Å². The first-order chi connectivity index (χ1) is 22.4. The number of carbonyl (C=O) groups excluding carboxylic acids is 2. The Kier molecular flexibility index (Phi) is 12.3. The number of hydrogen-bond acceptors (Lipinski definition) is 5. The van der Waals surface area contributed by atoms with Crippen LogP contribution in [0.3, 0.4) is 0 Å². The van der Waals surface area contributed by atoms with Crippen molar-refractivity contribution >= 4 is 50.7 Å². The molecule has 0 spiro atoms. The second kappa shape index (κ2) is 16.2. The van der Waals surface area contributed by atoms with E-state index in [1.165, 1.54) is 24.1 Å². The third-order valence-corrected chi connectivity index (χ3v) is 10.4. The van der Waals surface area contributed by atoms with Gasteiger partial charge in [0.25, 0.3) is 10.0 Å². The van der Waals surface area contributed by atoms with Gasteiger partial charge in [-0.05, 0) is 79.9 Å². The van der Waals surface area contributed by atoms with Gasteiger partial charge in [0.2, 0.25) is 11.8 Å². The van der Waals surface area contributed by atoms with Gasteiger partial charge in [-0.15, -0.1) is 0 Å². The molecule has 47 heavy (non-hydrogen) atoms. The van der Waals surface area contributed by atoms with Crippen molar-refractivity contribution in [2.24, 2.45) is 0 Å². The van der Waals surface area contributed by atoms with Crippen LogP contribution < -0.4 is 14.4 Å². The molecule has 248 valence electrons. The smallest absolute Gasteiger partial charge is 0.264 e. The van der Waals surface area contributed by atoms with E-state index in [0.29, 0.717) is 33.5 Å². The zero-order valence-electron chi connectivity index (χ0n) is 26.8. The Morgan fingerprint density at radius 3 is 2.13 bits per heavy atom. The van der Waals surface area contributed by atoms with Gasteiger partial charge in [0, 0.05) is 19.0 Å². The monoisotopic (exact) mass is 695 g/mol. The van der Waals surface area contributed by atoms with Gasteiger partial charge in [-0.25, -0.2) is 8.42 Å². The average Bonchev–Trinajstić information content (AvgIpc) is 3.07. The second-order valence-corrected chi connectivity index (χ2v) is 14.0. The molecule has 4 aromatic carbocycles. The number of nitrogens with one attached hydrogen (secondary N) is 1. The van der Waals surface area contributed by atoms with Gasteiger partial charge in [-0.3, -0.25) is 13.9 Å². The lowest BCUT2D eigenvalue weighted by Gasteiger charge is -2.34. The van der Waals surface area contributed by atoms with Crippen LogP contribution in [0.5, 0.6) is 5.75 Å². The largest absolute Gasteiger partial charge is 0.497 e. The van der Waals surface area contributed by atoms with Crippen molar-refractivity contribution in [3.63, 3.8) is 0 Å². The van der Waals surface area contributed by atoms with Crippen molar-refractivity contribution in [1.29, 1.82) is 0 Å². The van der Waals surface area contributed by atoms with E-state index in [0.717, 1.165) is 15.4 Å². The Bertz CT molecular complexity index is 1770. The maximum Gasteiger partial charge on any atom is 0.264 e. The molecule has 0 saturated heterocycles. The van der Waals surface area contributed by atoms with Crippen LogP contribution in [0.15, 0.2) is 102 Å². The van der Waals surface area contributed by atoms with Gasteiger partial charge in [0.1, 0.15) is 18.3 Å². The Morgan fingerprint density at radius 1 is 0.872 bits per heavy atom. The SMILES string of the molecule is CC[C@H](C)NC(=O)[C@@H](Cc1ccccc1)N(Cc1ccc(Cl)c(Cl)c1)C(=O)CN(c1ccc(C)cc1)S(=O)(=O)c1ccc(OC)cc1. The van der Waals surface area contributed by atoms with Gasteiger partial charge in [0.15, 0.2) is 0 Å². The highest BCUT2D eigenvalue weighted by Gasteiger charge is 2.35. The molecule has 2 amide bonds.